The third kappa shape index (κ3) is 2.85. The Balaban J connectivity index is 1.79. The molecule has 3 rings (SSSR count). The lowest BCUT2D eigenvalue weighted by Gasteiger charge is -2.09. The van der Waals surface area contributed by atoms with Gasteiger partial charge in [0.1, 0.15) is 6.61 Å². The Kier molecular flexibility index (Phi) is 3.79. The highest BCUT2D eigenvalue weighted by atomic mass is 16.5. The van der Waals surface area contributed by atoms with Crippen molar-refractivity contribution in [2.45, 2.75) is 13.2 Å². The minimum atomic E-state index is 0.465. The van der Waals surface area contributed by atoms with Gasteiger partial charge in [-0.25, -0.2) is 0 Å². The van der Waals surface area contributed by atoms with Gasteiger partial charge in [0.05, 0.1) is 12.8 Å². The molecule has 1 aromatic heterocycles. The van der Waals surface area contributed by atoms with E-state index in [9.17, 15) is 0 Å². The van der Waals surface area contributed by atoms with Gasteiger partial charge in [-0.05, 0) is 35.2 Å². The summed E-state index contributed by atoms with van der Waals surface area (Å²) < 4.78 is 11.1. The second-order valence-electron chi connectivity index (χ2n) is 4.86. The van der Waals surface area contributed by atoms with E-state index in [-0.39, 0.29) is 0 Å². The summed E-state index contributed by atoms with van der Waals surface area (Å²) >= 11 is 0. The summed E-state index contributed by atoms with van der Waals surface area (Å²) in [6.07, 6.45) is 0. The second-order valence-corrected chi connectivity index (χ2v) is 4.86. The number of nitrogens with two attached hydrogens (primary N) is 1. The van der Waals surface area contributed by atoms with Gasteiger partial charge < -0.3 is 20.2 Å². The highest BCUT2D eigenvalue weighted by molar-refractivity contribution is 5.81. The number of rotatable bonds is 5. The lowest BCUT2D eigenvalue weighted by Crippen LogP contribution is -1.97. The molecule has 0 unspecified atom stereocenters. The second kappa shape index (κ2) is 5.89. The van der Waals surface area contributed by atoms with Crippen LogP contribution < -0.4 is 15.2 Å². The van der Waals surface area contributed by atoms with Crippen molar-refractivity contribution in [3.8, 4) is 11.5 Å². The van der Waals surface area contributed by atoms with E-state index in [1.54, 1.807) is 7.11 Å². The van der Waals surface area contributed by atoms with Crippen molar-refractivity contribution in [2.75, 3.05) is 7.11 Å². The Morgan fingerprint density at radius 1 is 1.05 bits per heavy atom. The van der Waals surface area contributed by atoms with Gasteiger partial charge in [0.2, 0.25) is 0 Å². The van der Waals surface area contributed by atoms with Crippen LogP contribution in [0.4, 0.5) is 0 Å². The molecule has 0 radical (unpaired) electrons. The molecule has 0 saturated heterocycles. The van der Waals surface area contributed by atoms with Crippen LogP contribution in [0.5, 0.6) is 11.5 Å². The lowest BCUT2D eigenvalue weighted by atomic mass is 10.2. The number of methoxy groups -OCH3 is 1. The summed E-state index contributed by atoms with van der Waals surface area (Å²) in [5, 5.41) is 1.16. The molecule has 4 nitrogen and oxygen atoms in total. The van der Waals surface area contributed by atoms with E-state index in [0.717, 1.165) is 33.7 Å². The van der Waals surface area contributed by atoms with Gasteiger partial charge in [0.15, 0.2) is 11.5 Å². The zero-order chi connectivity index (χ0) is 14.7. The molecule has 0 fully saturated rings. The number of hydrogen-bond acceptors (Lipinski definition) is 3. The maximum absolute atomic E-state index is 5.82. The zero-order valence-corrected chi connectivity index (χ0v) is 11.9. The van der Waals surface area contributed by atoms with Gasteiger partial charge in [-0.2, -0.15) is 0 Å². The number of H-pyrrole nitrogens is 1. The van der Waals surface area contributed by atoms with Crippen LogP contribution in [0.1, 0.15) is 11.3 Å². The molecule has 2 aromatic carbocycles. The molecular weight excluding hydrogens is 264 g/mol. The fourth-order valence-electron chi connectivity index (χ4n) is 2.33. The molecule has 4 heteroatoms. The molecule has 1 heterocycles. The van der Waals surface area contributed by atoms with E-state index in [4.69, 9.17) is 15.2 Å². The van der Waals surface area contributed by atoms with E-state index in [0.29, 0.717) is 13.2 Å². The molecule has 0 atom stereocenters. The molecule has 0 aliphatic rings. The standard InChI is InChI=1S/C17H18N2O2/c1-20-16-4-2-3-5-17(16)21-11-14-9-13-7-6-12(10-18)8-15(13)19-14/h2-9,19H,10-11,18H2,1H3. The maximum Gasteiger partial charge on any atom is 0.161 e. The van der Waals surface area contributed by atoms with Crippen LogP contribution in [0.25, 0.3) is 10.9 Å². The predicted octanol–water partition coefficient (Wildman–Crippen LogP) is 3.21. The third-order valence-corrected chi connectivity index (χ3v) is 3.43. The Morgan fingerprint density at radius 2 is 1.86 bits per heavy atom. The van der Waals surface area contributed by atoms with Crippen molar-refractivity contribution in [3.05, 3.63) is 59.8 Å². The molecule has 0 bridgehead atoms. The van der Waals surface area contributed by atoms with Crippen LogP contribution in [-0.2, 0) is 13.2 Å². The first-order valence-electron chi connectivity index (χ1n) is 6.86. The molecule has 0 aliphatic carbocycles. The number of fused-ring (bicyclic) bond motifs is 1. The van der Waals surface area contributed by atoms with Crippen molar-refractivity contribution in [1.82, 2.24) is 4.98 Å². The minimum absolute atomic E-state index is 0.465. The summed E-state index contributed by atoms with van der Waals surface area (Å²) in [7, 11) is 1.64. The first kappa shape index (κ1) is 13.5. The third-order valence-electron chi connectivity index (χ3n) is 3.43. The van der Waals surface area contributed by atoms with Gasteiger partial charge in [0.25, 0.3) is 0 Å². The van der Waals surface area contributed by atoms with Gasteiger partial charge >= 0.3 is 0 Å². The Bertz CT molecular complexity index is 749. The lowest BCUT2D eigenvalue weighted by molar-refractivity contribution is 0.281. The molecule has 0 aliphatic heterocycles. The molecule has 3 N–H and O–H groups in total. The largest absolute Gasteiger partial charge is 0.493 e. The van der Waals surface area contributed by atoms with Crippen LogP contribution in [0.2, 0.25) is 0 Å². The van der Waals surface area contributed by atoms with Crippen LogP contribution in [-0.4, -0.2) is 12.1 Å². The average molecular weight is 282 g/mol. The first-order chi connectivity index (χ1) is 10.3. The van der Waals surface area contributed by atoms with Crippen molar-refractivity contribution >= 4 is 10.9 Å². The van der Waals surface area contributed by atoms with Crippen LogP contribution in [0, 0.1) is 0 Å². The molecule has 21 heavy (non-hydrogen) atoms. The van der Waals surface area contributed by atoms with Gasteiger partial charge in [-0.3, -0.25) is 0 Å². The van der Waals surface area contributed by atoms with Crippen molar-refractivity contribution in [3.63, 3.8) is 0 Å². The number of nitrogens with one attached hydrogen (secondary N) is 1. The van der Waals surface area contributed by atoms with E-state index < -0.39 is 0 Å². The Morgan fingerprint density at radius 3 is 2.62 bits per heavy atom. The van der Waals surface area contributed by atoms with Crippen LogP contribution in [0.3, 0.4) is 0 Å². The number of aromatic nitrogens is 1. The summed E-state index contributed by atoms with van der Waals surface area (Å²) in [6, 6.07) is 15.9. The Hall–Kier alpha value is -2.46. The van der Waals surface area contributed by atoms with Crippen molar-refractivity contribution < 1.29 is 9.47 Å². The van der Waals surface area contributed by atoms with Crippen molar-refractivity contribution in [2.24, 2.45) is 5.73 Å². The number of hydrogen-bond donors (Lipinski definition) is 2. The summed E-state index contributed by atoms with van der Waals surface area (Å²) in [5.74, 6) is 1.47. The van der Waals surface area contributed by atoms with E-state index in [1.165, 1.54) is 0 Å². The quantitative estimate of drug-likeness (QED) is 0.755. The zero-order valence-electron chi connectivity index (χ0n) is 11.9. The van der Waals surface area contributed by atoms with E-state index in [2.05, 4.69) is 23.2 Å². The highest BCUT2D eigenvalue weighted by Crippen LogP contribution is 2.27. The number of para-hydroxylation sites is 2. The normalized spacial score (nSPS) is 10.8. The molecule has 0 saturated carbocycles. The maximum atomic E-state index is 5.82. The fraction of sp³-hybridized carbons (Fsp3) is 0.176. The van der Waals surface area contributed by atoms with Crippen LogP contribution >= 0.6 is 0 Å². The monoisotopic (exact) mass is 282 g/mol. The molecular formula is C17H18N2O2. The summed E-state index contributed by atoms with van der Waals surface area (Å²) in [4.78, 5) is 3.36. The van der Waals surface area contributed by atoms with E-state index in [1.807, 2.05) is 30.3 Å². The minimum Gasteiger partial charge on any atom is -0.493 e. The molecule has 108 valence electrons. The molecule has 3 aromatic rings. The summed E-state index contributed by atoms with van der Waals surface area (Å²) in [5.41, 5.74) is 8.87. The van der Waals surface area contributed by atoms with Crippen LogP contribution in [0.15, 0.2) is 48.5 Å². The predicted molar refractivity (Wildman–Crippen MR) is 83.5 cm³/mol. The fourth-order valence-corrected chi connectivity index (χ4v) is 2.33. The smallest absolute Gasteiger partial charge is 0.161 e. The van der Waals surface area contributed by atoms with Gasteiger partial charge in [-0.15, -0.1) is 0 Å². The SMILES string of the molecule is COc1ccccc1OCc1cc2ccc(CN)cc2[nH]1. The van der Waals surface area contributed by atoms with E-state index >= 15 is 0 Å². The van der Waals surface area contributed by atoms with Gasteiger partial charge in [0, 0.05) is 12.1 Å². The topological polar surface area (TPSA) is 60.3 Å². The Labute approximate surface area is 123 Å². The first-order valence-corrected chi connectivity index (χ1v) is 6.86. The number of benzene rings is 2. The van der Waals surface area contributed by atoms with Gasteiger partial charge in [-0.1, -0.05) is 24.3 Å². The average Bonchev–Trinajstić information content (AvgIpc) is 2.94. The molecule has 0 spiro atoms. The number of ether oxygens (including phenoxy) is 2. The number of aromatic amines is 1. The highest BCUT2D eigenvalue weighted by Gasteiger charge is 2.05. The van der Waals surface area contributed by atoms with Crippen molar-refractivity contribution in [1.29, 1.82) is 0 Å². The molecule has 0 amide bonds. The summed E-state index contributed by atoms with van der Waals surface area (Å²) in [6.45, 7) is 1.01.